The Morgan fingerprint density at radius 2 is 1.67 bits per heavy atom. The highest BCUT2D eigenvalue weighted by atomic mass is 35.5. The van der Waals surface area contributed by atoms with E-state index in [0.29, 0.717) is 15.1 Å². The van der Waals surface area contributed by atoms with Crippen LogP contribution in [-0.2, 0) is 0 Å². The maximum absolute atomic E-state index is 6.24. The molecule has 2 aromatic rings. The minimum absolute atomic E-state index is 0.239. The van der Waals surface area contributed by atoms with Gasteiger partial charge in [-0.1, -0.05) is 46.9 Å². The van der Waals surface area contributed by atoms with Crippen LogP contribution < -0.4 is 5.73 Å². The first-order valence-electron chi connectivity index (χ1n) is 5.45. The second-order valence-corrected chi connectivity index (χ2v) is 5.40. The molecule has 1 nitrogen and oxygen atoms in total. The maximum atomic E-state index is 6.24. The van der Waals surface area contributed by atoms with E-state index in [0.717, 1.165) is 16.7 Å². The van der Waals surface area contributed by atoms with Crippen molar-refractivity contribution in [2.45, 2.75) is 13.0 Å². The van der Waals surface area contributed by atoms with Gasteiger partial charge in [-0.15, -0.1) is 0 Å². The highest BCUT2D eigenvalue weighted by Gasteiger charge is 2.13. The molecule has 2 rings (SSSR count). The van der Waals surface area contributed by atoms with Crippen LogP contribution in [0.5, 0.6) is 0 Å². The summed E-state index contributed by atoms with van der Waals surface area (Å²) in [4.78, 5) is 0. The van der Waals surface area contributed by atoms with Crippen molar-refractivity contribution in [1.29, 1.82) is 0 Å². The van der Waals surface area contributed by atoms with E-state index in [4.69, 9.17) is 40.5 Å². The van der Waals surface area contributed by atoms with E-state index in [1.165, 1.54) is 0 Å². The predicted molar refractivity (Wildman–Crippen MR) is 78.7 cm³/mol. The number of rotatable bonds is 2. The highest BCUT2D eigenvalue weighted by molar-refractivity contribution is 6.42. The molecule has 0 aliphatic rings. The lowest BCUT2D eigenvalue weighted by molar-refractivity contribution is 0.862. The van der Waals surface area contributed by atoms with Gasteiger partial charge in [-0.25, -0.2) is 0 Å². The van der Waals surface area contributed by atoms with Gasteiger partial charge in [0.05, 0.1) is 16.1 Å². The molecule has 18 heavy (non-hydrogen) atoms. The number of halogens is 3. The molecule has 0 aliphatic heterocycles. The Balaban J connectivity index is 2.41. The molecule has 0 amide bonds. The molecular weight excluding hydrogens is 289 g/mol. The van der Waals surface area contributed by atoms with Crippen LogP contribution in [0.1, 0.15) is 22.7 Å². The Morgan fingerprint density at radius 1 is 0.944 bits per heavy atom. The van der Waals surface area contributed by atoms with E-state index in [1.54, 1.807) is 12.1 Å². The van der Waals surface area contributed by atoms with Crippen molar-refractivity contribution >= 4 is 34.8 Å². The fraction of sp³-hybridized carbons (Fsp3) is 0.143. The summed E-state index contributed by atoms with van der Waals surface area (Å²) >= 11 is 17.8. The Bertz CT molecular complexity index is 581. The second kappa shape index (κ2) is 5.50. The van der Waals surface area contributed by atoms with Gasteiger partial charge >= 0.3 is 0 Å². The lowest BCUT2D eigenvalue weighted by atomic mass is 9.96. The molecule has 4 heteroatoms. The molecule has 0 saturated heterocycles. The van der Waals surface area contributed by atoms with Crippen LogP contribution in [0, 0.1) is 6.92 Å². The second-order valence-electron chi connectivity index (χ2n) is 4.15. The third-order valence-corrected chi connectivity index (χ3v) is 3.84. The predicted octanol–water partition coefficient (Wildman–Crippen LogP) is 5.00. The van der Waals surface area contributed by atoms with Gasteiger partial charge in [0, 0.05) is 5.02 Å². The van der Waals surface area contributed by atoms with Crippen LogP contribution in [0.25, 0.3) is 0 Å². The Labute approximate surface area is 121 Å². The Kier molecular flexibility index (Phi) is 4.18. The first kappa shape index (κ1) is 13.7. The van der Waals surface area contributed by atoms with Crippen LogP contribution in [0.3, 0.4) is 0 Å². The molecule has 2 N–H and O–H groups in total. The SMILES string of the molecule is Cc1cc(Cl)ccc1C(N)c1ccc(Cl)c(Cl)c1. The molecule has 1 atom stereocenters. The molecule has 0 aliphatic carbocycles. The molecule has 0 spiro atoms. The molecular formula is C14H12Cl3N. The Hall–Kier alpha value is -0.730. The molecule has 0 saturated carbocycles. The monoisotopic (exact) mass is 299 g/mol. The minimum Gasteiger partial charge on any atom is -0.320 e. The largest absolute Gasteiger partial charge is 0.320 e. The molecule has 0 radical (unpaired) electrons. The van der Waals surface area contributed by atoms with E-state index in [1.807, 2.05) is 31.2 Å². The summed E-state index contributed by atoms with van der Waals surface area (Å²) in [5, 5.41) is 1.74. The van der Waals surface area contributed by atoms with Crippen LogP contribution in [0.15, 0.2) is 36.4 Å². The van der Waals surface area contributed by atoms with E-state index >= 15 is 0 Å². The number of aryl methyl sites for hydroxylation is 1. The Morgan fingerprint density at radius 3 is 2.28 bits per heavy atom. The van der Waals surface area contributed by atoms with Crippen LogP contribution >= 0.6 is 34.8 Å². The summed E-state index contributed by atoms with van der Waals surface area (Å²) in [6.07, 6.45) is 0. The van der Waals surface area contributed by atoms with E-state index in [-0.39, 0.29) is 6.04 Å². The zero-order valence-corrected chi connectivity index (χ0v) is 12.0. The average Bonchev–Trinajstić information content (AvgIpc) is 2.32. The van der Waals surface area contributed by atoms with Crippen LogP contribution in [0.2, 0.25) is 15.1 Å². The van der Waals surface area contributed by atoms with Gasteiger partial charge in [0.15, 0.2) is 0 Å². The molecule has 0 heterocycles. The molecule has 2 aromatic carbocycles. The average molecular weight is 301 g/mol. The summed E-state index contributed by atoms with van der Waals surface area (Å²) in [6, 6.07) is 10.9. The van der Waals surface area contributed by atoms with Gasteiger partial charge in [-0.05, 0) is 47.9 Å². The van der Waals surface area contributed by atoms with E-state index in [9.17, 15) is 0 Å². The third kappa shape index (κ3) is 2.81. The first-order valence-corrected chi connectivity index (χ1v) is 6.59. The fourth-order valence-corrected chi connectivity index (χ4v) is 2.41. The van der Waals surface area contributed by atoms with Gasteiger partial charge in [-0.3, -0.25) is 0 Å². The van der Waals surface area contributed by atoms with Gasteiger partial charge in [0.25, 0.3) is 0 Å². The zero-order valence-electron chi connectivity index (χ0n) is 9.75. The third-order valence-electron chi connectivity index (χ3n) is 2.87. The molecule has 94 valence electrons. The van der Waals surface area contributed by atoms with Gasteiger partial charge in [-0.2, -0.15) is 0 Å². The number of nitrogens with two attached hydrogens (primary N) is 1. The standard InChI is InChI=1S/C14H12Cl3N/c1-8-6-10(15)3-4-11(8)14(18)9-2-5-12(16)13(17)7-9/h2-7,14H,18H2,1H3. The van der Waals surface area contributed by atoms with Crippen molar-refractivity contribution in [3.8, 4) is 0 Å². The first-order chi connectivity index (χ1) is 8.49. The van der Waals surface area contributed by atoms with Crippen molar-refractivity contribution in [2.24, 2.45) is 5.73 Å². The molecule has 1 unspecified atom stereocenters. The normalized spacial score (nSPS) is 12.5. The molecule has 0 bridgehead atoms. The molecule has 0 aromatic heterocycles. The summed E-state index contributed by atoms with van der Waals surface area (Å²) in [5.41, 5.74) is 9.25. The van der Waals surface area contributed by atoms with Gasteiger partial charge in [0.2, 0.25) is 0 Å². The fourth-order valence-electron chi connectivity index (χ4n) is 1.87. The molecule has 0 fully saturated rings. The van der Waals surface area contributed by atoms with Crippen molar-refractivity contribution in [2.75, 3.05) is 0 Å². The van der Waals surface area contributed by atoms with E-state index in [2.05, 4.69) is 0 Å². The summed E-state index contributed by atoms with van der Waals surface area (Å²) in [7, 11) is 0. The summed E-state index contributed by atoms with van der Waals surface area (Å²) in [5.74, 6) is 0. The van der Waals surface area contributed by atoms with Crippen molar-refractivity contribution in [1.82, 2.24) is 0 Å². The van der Waals surface area contributed by atoms with Crippen molar-refractivity contribution < 1.29 is 0 Å². The number of benzene rings is 2. The van der Waals surface area contributed by atoms with Gasteiger partial charge in [0.1, 0.15) is 0 Å². The summed E-state index contributed by atoms with van der Waals surface area (Å²) in [6.45, 7) is 1.98. The summed E-state index contributed by atoms with van der Waals surface area (Å²) < 4.78 is 0. The minimum atomic E-state index is -0.239. The van der Waals surface area contributed by atoms with Crippen molar-refractivity contribution in [3.05, 3.63) is 68.2 Å². The smallest absolute Gasteiger partial charge is 0.0595 e. The topological polar surface area (TPSA) is 26.0 Å². The number of hydrogen-bond donors (Lipinski definition) is 1. The highest BCUT2D eigenvalue weighted by Crippen LogP contribution is 2.29. The van der Waals surface area contributed by atoms with E-state index < -0.39 is 0 Å². The quantitative estimate of drug-likeness (QED) is 0.829. The lowest BCUT2D eigenvalue weighted by Gasteiger charge is -2.16. The maximum Gasteiger partial charge on any atom is 0.0595 e. The lowest BCUT2D eigenvalue weighted by Crippen LogP contribution is -2.13. The zero-order chi connectivity index (χ0) is 13.3. The number of hydrogen-bond acceptors (Lipinski definition) is 1. The van der Waals surface area contributed by atoms with Crippen LogP contribution in [0.4, 0.5) is 0 Å². The van der Waals surface area contributed by atoms with Gasteiger partial charge < -0.3 is 5.73 Å². The van der Waals surface area contributed by atoms with Crippen LogP contribution in [-0.4, -0.2) is 0 Å². The van der Waals surface area contributed by atoms with Crippen molar-refractivity contribution in [3.63, 3.8) is 0 Å².